The summed E-state index contributed by atoms with van der Waals surface area (Å²) in [6, 6.07) is 13.9. The first-order valence-corrected chi connectivity index (χ1v) is 14.1. The fraction of sp³-hybridized carbons (Fsp3) is 0.200. The predicted molar refractivity (Wildman–Crippen MR) is 133 cm³/mol. The summed E-state index contributed by atoms with van der Waals surface area (Å²) in [5.41, 5.74) is -1.16. The van der Waals surface area contributed by atoms with Gasteiger partial charge < -0.3 is 9.64 Å². The van der Waals surface area contributed by atoms with Gasteiger partial charge in [-0.3, -0.25) is 4.79 Å². The number of sulfone groups is 1. The van der Waals surface area contributed by atoms with Crippen molar-refractivity contribution in [2.24, 2.45) is 0 Å². The van der Waals surface area contributed by atoms with Crippen LogP contribution in [0, 0.1) is 0 Å². The second-order valence-electron chi connectivity index (χ2n) is 8.17. The molecule has 1 N–H and O–H groups in total. The van der Waals surface area contributed by atoms with Gasteiger partial charge in [0.2, 0.25) is 19.9 Å². The van der Waals surface area contributed by atoms with Gasteiger partial charge in [-0.25, -0.2) is 26.4 Å². The average Bonchev–Trinajstić information content (AvgIpc) is 2.91. The number of hydrogen-bond acceptors (Lipinski definition) is 7. The highest BCUT2D eigenvalue weighted by Gasteiger charge is 2.38. The molecule has 0 unspecified atom stereocenters. The predicted octanol–water partition coefficient (Wildman–Crippen LogP) is 3.38. The van der Waals surface area contributed by atoms with Gasteiger partial charge in [-0.1, -0.05) is 18.2 Å². The van der Waals surface area contributed by atoms with Crippen LogP contribution in [-0.4, -0.2) is 60.9 Å². The van der Waals surface area contributed by atoms with Crippen LogP contribution in [0.25, 0.3) is 0 Å². The third kappa shape index (κ3) is 6.82. The van der Waals surface area contributed by atoms with E-state index in [1.54, 1.807) is 6.07 Å². The molecule has 3 aromatic rings. The van der Waals surface area contributed by atoms with Gasteiger partial charge in [0.15, 0.2) is 0 Å². The number of ether oxygens (including phenoxy) is 1. The highest BCUT2D eigenvalue weighted by atomic mass is 32.2. The van der Waals surface area contributed by atoms with Crippen molar-refractivity contribution in [3.05, 3.63) is 89.5 Å². The van der Waals surface area contributed by atoms with Crippen molar-refractivity contribution in [3.63, 3.8) is 0 Å². The molecule has 1 amide bonds. The van der Waals surface area contributed by atoms with E-state index < -0.39 is 59.8 Å². The molecule has 0 bridgehead atoms. The molecule has 0 saturated carbocycles. The fourth-order valence-electron chi connectivity index (χ4n) is 3.48. The topological polar surface area (TPSA) is 127 Å². The molecule has 0 saturated heterocycles. The zero-order valence-corrected chi connectivity index (χ0v) is 22.2. The van der Waals surface area contributed by atoms with E-state index in [2.05, 4.69) is 4.74 Å². The number of rotatable bonds is 9. The molecule has 0 radical (unpaired) electrons. The van der Waals surface area contributed by atoms with Crippen molar-refractivity contribution in [3.8, 4) is 0 Å². The van der Waals surface area contributed by atoms with Gasteiger partial charge in [-0.05, 0) is 54.6 Å². The maximum atomic E-state index is 13.7. The second-order valence-corrected chi connectivity index (χ2v) is 11.9. The van der Waals surface area contributed by atoms with Gasteiger partial charge in [0.05, 0.1) is 32.9 Å². The highest BCUT2D eigenvalue weighted by Crippen LogP contribution is 2.36. The van der Waals surface area contributed by atoms with Crippen molar-refractivity contribution < 1.29 is 44.3 Å². The molecule has 9 nitrogen and oxygen atoms in total. The third-order valence-corrected chi connectivity index (χ3v) is 8.82. The SMILES string of the molecule is COC(=O)c1ccc(C(=O)N(C)CCNS(=O)(=O)c2cc(S(=O)(=O)c3ccccc3)ccc2C(F)(F)F)cc1. The van der Waals surface area contributed by atoms with Gasteiger partial charge in [-0.15, -0.1) is 0 Å². The Labute approximate surface area is 223 Å². The lowest BCUT2D eigenvalue weighted by Crippen LogP contribution is -2.36. The molecule has 39 heavy (non-hydrogen) atoms. The van der Waals surface area contributed by atoms with E-state index in [9.17, 15) is 39.6 Å². The normalized spacial score (nSPS) is 12.1. The summed E-state index contributed by atoms with van der Waals surface area (Å²) >= 11 is 0. The van der Waals surface area contributed by atoms with Crippen molar-refractivity contribution in [2.75, 3.05) is 27.2 Å². The maximum Gasteiger partial charge on any atom is 0.417 e. The van der Waals surface area contributed by atoms with Crippen molar-refractivity contribution >= 4 is 31.7 Å². The number of carbonyl (C=O) groups is 2. The number of nitrogens with zero attached hydrogens (tertiary/aromatic N) is 1. The number of amides is 1. The van der Waals surface area contributed by atoms with Crippen LogP contribution >= 0.6 is 0 Å². The molecule has 14 heteroatoms. The van der Waals surface area contributed by atoms with E-state index >= 15 is 0 Å². The lowest BCUT2D eigenvalue weighted by atomic mass is 10.1. The molecular formula is C25H23F3N2O7S2. The molecule has 3 rings (SSSR count). The van der Waals surface area contributed by atoms with Gasteiger partial charge >= 0.3 is 12.1 Å². The number of carbonyl (C=O) groups excluding carboxylic acids is 2. The van der Waals surface area contributed by atoms with Crippen molar-refractivity contribution in [1.82, 2.24) is 9.62 Å². The summed E-state index contributed by atoms with van der Waals surface area (Å²) in [4.78, 5) is 23.1. The first-order valence-electron chi connectivity index (χ1n) is 11.1. The Bertz CT molecular complexity index is 1570. The lowest BCUT2D eigenvalue weighted by Gasteiger charge is -2.19. The van der Waals surface area contributed by atoms with E-state index in [1.165, 1.54) is 62.7 Å². The van der Waals surface area contributed by atoms with Crippen LogP contribution < -0.4 is 4.72 Å². The first kappa shape index (κ1) is 29.8. The quantitative estimate of drug-likeness (QED) is 0.382. The summed E-state index contributed by atoms with van der Waals surface area (Å²) < 4.78 is 99.2. The standard InChI is InChI=1S/C25H23F3N2O7S2/c1-30(23(31)17-8-10-18(11-9-17)24(32)37-2)15-14-29-39(35,36)22-16-20(12-13-21(22)25(26,27)28)38(33,34)19-6-4-3-5-7-19/h3-13,16,29H,14-15H2,1-2H3. The summed E-state index contributed by atoms with van der Waals surface area (Å²) in [6.45, 7) is -0.710. The summed E-state index contributed by atoms with van der Waals surface area (Å²) in [7, 11) is -6.63. The van der Waals surface area contributed by atoms with Crippen molar-refractivity contribution in [2.45, 2.75) is 20.9 Å². The number of hydrogen-bond donors (Lipinski definition) is 1. The van der Waals surface area contributed by atoms with Crippen LogP contribution in [-0.2, 0) is 30.8 Å². The molecule has 3 aromatic carbocycles. The third-order valence-electron chi connectivity index (χ3n) is 5.55. The Hall–Kier alpha value is -3.75. The van der Waals surface area contributed by atoms with Crippen LogP contribution in [0.2, 0.25) is 0 Å². The zero-order chi connectivity index (χ0) is 29.0. The van der Waals surface area contributed by atoms with Crippen LogP contribution in [0.15, 0.2) is 87.5 Å². The Morgan fingerprint density at radius 1 is 0.872 bits per heavy atom. The number of alkyl halides is 3. The largest absolute Gasteiger partial charge is 0.465 e. The highest BCUT2D eigenvalue weighted by molar-refractivity contribution is 7.91. The lowest BCUT2D eigenvalue weighted by molar-refractivity contribution is -0.139. The number of likely N-dealkylation sites (N-methyl/N-ethyl adjacent to an activating group) is 1. The monoisotopic (exact) mass is 584 g/mol. The van der Waals surface area contributed by atoms with Crippen LogP contribution in [0.5, 0.6) is 0 Å². The Kier molecular flexibility index (Phi) is 8.83. The van der Waals surface area contributed by atoms with Gasteiger partial charge in [0.1, 0.15) is 0 Å². The molecule has 0 heterocycles. The molecule has 0 aliphatic heterocycles. The van der Waals surface area contributed by atoms with Gasteiger partial charge in [0, 0.05) is 25.7 Å². The van der Waals surface area contributed by atoms with Crippen LogP contribution in [0.4, 0.5) is 13.2 Å². The summed E-state index contributed by atoms with van der Waals surface area (Å²) in [6.07, 6.45) is -5.09. The minimum atomic E-state index is -5.09. The first-order chi connectivity index (χ1) is 18.2. The molecule has 0 aliphatic carbocycles. The van der Waals surface area contributed by atoms with E-state index in [0.29, 0.717) is 18.2 Å². The molecule has 208 valence electrons. The van der Waals surface area contributed by atoms with E-state index in [0.717, 1.165) is 4.90 Å². The Morgan fingerprint density at radius 2 is 1.46 bits per heavy atom. The summed E-state index contributed by atoms with van der Waals surface area (Å²) in [5, 5.41) is 0. The number of nitrogens with one attached hydrogen (secondary N) is 1. The molecule has 0 fully saturated rings. The Morgan fingerprint density at radius 3 is 2.03 bits per heavy atom. The number of sulfonamides is 1. The van der Waals surface area contributed by atoms with Crippen LogP contribution in [0.1, 0.15) is 26.3 Å². The minimum Gasteiger partial charge on any atom is -0.465 e. The Balaban J connectivity index is 1.81. The molecule has 0 atom stereocenters. The zero-order valence-electron chi connectivity index (χ0n) is 20.6. The number of esters is 1. The van der Waals surface area contributed by atoms with E-state index in [-0.39, 0.29) is 22.6 Å². The van der Waals surface area contributed by atoms with Crippen LogP contribution in [0.3, 0.4) is 0 Å². The number of benzene rings is 3. The molecule has 0 spiro atoms. The van der Waals surface area contributed by atoms with E-state index in [4.69, 9.17) is 0 Å². The van der Waals surface area contributed by atoms with Gasteiger partial charge in [0.25, 0.3) is 5.91 Å². The molecule has 0 aliphatic rings. The second kappa shape index (κ2) is 11.6. The minimum absolute atomic E-state index is 0.172. The van der Waals surface area contributed by atoms with Crippen molar-refractivity contribution in [1.29, 1.82) is 0 Å². The molecule has 0 aromatic heterocycles. The fourth-order valence-corrected chi connectivity index (χ4v) is 6.13. The number of methoxy groups -OCH3 is 1. The smallest absolute Gasteiger partial charge is 0.417 e. The van der Waals surface area contributed by atoms with Gasteiger partial charge in [-0.2, -0.15) is 13.2 Å². The summed E-state index contributed by atoms with van der Waals surface area (Å²) in [5.74, 6) is -1.15. The molecular weight excluding hydrogens is 561 g/mol. The maximum absolute atomic E-state index is 13.7. The number of halogens is 3. The average molecular weight is 585 g/mol. The van der Waals surface area contributed by atoms with E-state index in [1.807, 2.05) is 4.72 Å².